The minimum atomic E-state index is -3.99. The fraction of sp³-hybridized carbons (Fsp3) is 0.308. The Labute approximate surface area is 127 Å². The lowest BCUT2D eigenvalue weighted by Gasteiger charge is -2.06. The third-order valence-corrected chi connectivity index (χ3v) is 4.59. The molecule has 22 heavy (non-hydrogen) atoms. The number of aromatic carboxylic acids is 1. The first-order valence-corrected chi connectivity index (χ1v) is 7.89. The van der Waals surface area contributed by atoms with Crippen LogP contribution in [0.15, 0.2) is 27.9 Å². The second-order valence-corrected chi connectivity index (χ2v) is 6.27. The van der Waals surface area contributed by atoms with Crippen LogP contribution in [0.5, 0.6) is 0 Å². The summed E-state index contributed by atoms with van der Waals surface area (Å²) in [5, 5.41) is 9.16. The Morgan fingerprint density at radius 1 is 1.32 bits per heavy atom. The Balaban J connectivity index is 2.19. The summed E-state index contributed by atoms with van der Waals surface area (Å²) in [6.45, 7) is 2.90. The molecule has 118 valence electrons. The van der Waals surface area contributed by atoms with Crippen LogP contribution >= 0.6 is 0 Å². The molecule has 0 aliphatic heterocycles. The first-order valence-electron chi connectivity index (χ1n) is 6.40. The summed E-state index contributed by atoms with van der Waals surface area (Å²) < 4.78 is 32.1. The van der Waals surface area contributed by atoms with Crippen molar-refractivity contribution < 1.29 is 22.7 Å². The molecular formula is C13H15N3O5S. The number of carbonyl (C=O) groups is 1. The second kappa shape index (κ2) is 6.24. The molecule has 2 N–H and O–H groups in total. The Bertz CT molecular complexity index is 784. The summed E-state index contributed by atoms with van der Waals surface area (Å²) in [6.07, 6.45) is 4.90. The van der Waals surface area contributed by atoms with Crippen LogP contribution in [0.2, 0.25) is 0 Å². The van der Waals surface area contributed by atoms with Crippen LogP contribution in [0.3, 0.4) is 0 Å². The van der Waals surface area contributed by atoms with Crippen LogP contribution in [-0.4, -0.2) is 36.0 Å². The van der Waals surface area contributed by atoms with Gasteiger partial charge in [0.15, 0.2) is 0 Å². The van der Waals surface area contributed by atoms with E-state index in [0.717, 1.165) is 0 Å². The predicted molar refractivity (Wildman–Crippen MR) is 76.1 cm³/mol. The maximum absolute atomic E-state index is 12.3. The Hall–Kier alpha value is -2.26. The minimum Gasteiger partial charge on any atom is -0.478 e. The van der Waals surface area contributed by atoms with Gasteiger partial charge in [0.2, 0.25) is 10.0 Å². The number of hydrogen-bond donors (Lipinski definition) is 2. The maximum atomic E-state index is 12.3. The summed E-state index contributed by atoms with van der Waals surface area (Å²) in [5.74, 6) is -1.25. The molecule has 0 fully saturated rings. The van der Waals surface area contributed by atoms with Gasteiger partial charge in [-0.25, -0.2) is 17.9 Å². The van der Waals surface area contributed by atoms with E-state index in [2.05, 4.69) is 14.7 Å². The first-order chi connectivity index (χ1) is 10.3. The van der Waals surface area contributed by atoms with E-state index in [4.69, 9.17) is 9.52 Å². The van der Waals surface area contributed by atoms with Crippen LogP contribution in [0.4, 0.5) is 0 Å². The maximum Gasteiger partial charge on any atom is 0.340 e. The van der Waals surface area contributed by atoms with Gasteiger partial charge in [-0.3, -0.25) is 9.97 Å². The Morgan fingerprint density at radius 3 is 2.64 bits per heavy atom. The highest BCUT2D eigenvalue weighted by Crippen LogP contribution is 2.26. The monoisotopic (exact) mass is 325 g/mol. The highest BCUT2D eigenvalue weighted by molar-refractivity contribution is 7.89. The van der Waals surface area contributed by atoms with Crippen LogP contribution in [0, 0.1) is 13.8 Å². The molecule has 0 aliphatic rings. The third kappa shape index (κ3) is 3.31. The number of nitrogens with one attached hydrogen (secondary N) is 1. The number of nitrogens with zero attached hydrogens (tertiary/aromatic N) is 2. The molecule has 2 aromatic heterocycles. The molecule has 0 atom stereocenters. The Morgan fingerprint density at radius 2 is 2.05 bits per heavy atom. The minimum absolute atomic E-state index is 0.0434. The van der Waals surface area contributed by atoms with Gasteiger partial charge < -0.3 is 9.52 Å². The number of aromatic nitrogens is 2. The highest BCUT2D eigenvalue weighted by atomic mass is 32.2. The van der Waals surface area contributed by atoms with E-state index in [-0.39, 0.29) is 28.5 Å². The number of carboxylic acids is 1. The smallest absolute Gasteiger partial charge is 0.340 e. The molecule has 0 unspecified atom stereocenters. The topological polar surface area (TPSA) is 122 Å². The number of hydrogen-bond acceptors (Lipinski definition) is 6. The van der Waals surface area contributed by atoms with Crippen LogP contribution in [-0.2, 0) is 16.4 Å². The number of sulfonamides is 1. The average molecular weight is 325 g/mol. The molecule has 0 aromatic carbocycles. The third-order valence-electron chi connectivity index (χ3n) is 2.98. The van der Waals surface area contributed by atoms with Crippen LogP contribution in [0.1, 0.15) is 27.6 Å². The molecule has 8 nitrogen and oxygen atoms in total. The van der Waals surface area contributed by atoms with Crippen molar-refractivity contribution in [3.63, 3.8) is 0 Å². The van der Waals surface area contributed by atoms with E-state index >= 15 is 0 Å². The van der Waals surface area contributed by atoms with E-state index in [0.29, 0.717) is 12.1 Å². The van der Waals surface area contributed by atoms with Crippen molar-refractivity contribution in [2.24, 2.45) is 0 Å². The molecule has 0 saturated heterocycles. The SMILES string of the molecule is Cc1oc(C)c(S(=O)(=O)NCCc2cnccn2)c1C(=O)O. The van der Waals surface area contributed by atoms with Gasteiger partial charge >= 0.3 is 5.97 Å². The van der Waals surface area contributed by atoms with Gasteiger partial charge in [-0.2, -0.15) is 0 Å². The van der Waals surface area contributed by atoms with E-state index < -0.39 is 16.0 Å². The Kier molecular flexibility index (Phi) is 4.57. The normalized spacial score (nSPS) is 11.5. The molecule has 0 radical (unpaired) electrons. The van der Waals surface area contributed by atoms with Crippen molar-refractivity contribution in [1.82, 2.24) is 14.7 Å². The largest absolute Gasteiger partial charge is 0.478 e. The van der Waals surface area contributed by atoms with Crippen molar-refractivity contribution in [3.05, 3.63) is 41.4 Å². The number of carboxylic acid groups (broad SMARTS) is 1. The van der Waals surface area contributed by atoms with Crippen molar-refractivity contribution in [2.45, 2.75) is 25.2 Å². The quantitative estimate of drug-likeness (QED) is 0.809. The molecule has 2 aromatic rings. The van der Waals surface area contributed by atoms with Gasteiger partial charge in [-0.05, 0) is 13.8 Å². The molecule has 0 saturated carbocycles. The van der Waals surface area contributed by atoms with Gasteiger partial charge in [-0.1, -0.05) is 0 Å². The zero-order chi connectivity index (χ0) is 16.3. The van der Waals surface area contributed by atoms with Gasteiger partial charge in [-0.15, -0.1) is 0 Å². The highest BCUT2D eigenvalue weighted by Gasteiger charge is 2.30. The molecule has 9 heteroatoms. The molecule has 0 bridgehead atoms. The lowest BCUT2D eigenvalue weighted by Crippen LogP contribution is -2.27. The van der Waals surface area contributed by atoms with Crippen molar-refractivity contribution in [3.8, 4) is 0 Å². The van der Waals surface area contributed by atoms with E-state index in [1.54, 1.807) is 0 Å². The standard InChI is InChI=1S/C13H15N3O5S/c1-8-11(13(17)18)12(9(2)21-8)22(19,20)16-4-3-10-7-14-5-6-15-10/h5-7,16H,3-4H2,1-2H3,(H,17,18). The number of aryl methyl sites for hydroxylation is 2. The second-order valence-electron chi connectivity index (χ2n) is 4.57. The van der Waals surface area contributed by atoms with E-state index in [1.807, 2.05) is 0 Å². The zero-order valence-corrected chi connectivity index (χ0v) is 12.8. The van der Waals surface area contributed by atoms with Gasteiger partial charge in [0.05, 0.1) is 5.69 Å². The first kappa shape index (κ1) is 16.1. The molecule has 2 heterocycles. The molecule has 0 amide bonds. The van der Waals surface area contributed by atoms with Gasteiger partial charge in [0, 0.05) is 31.6 Å². The van der Waals surface area contributed by atoms with Crippen LogP contribution in [0.25, 0.3) is 0 Å². The summed E-state index contributed by atoms with van der Waals surface area (Å²) >= 11 is 0. The average Bonchev–Trinajstić information content (AvgIpc) is 2.75. The number of rotatable bonds is 6. The molecule has 0 aliphatic carbocycles. The van der Waals surface area contributed by atoms with Crippen molar-refractivity contribution in [2.75, 3.05) is 6.54 Å². The summed E-state index contributed by atoms with van der Waals surface area (Å²) in [5.41, 5.74) is 0.285. The van der Waals surface area contributed by atoms with Gasteiger partial charge in [0.25, 0.3) is 0 Å². The molecule has 2 rings (SSSR count). The summed E-state index contributed by atoms with van der Waals surface area (Å²) in [6, 6.07) is 0. The van der Waals surface area contributed by atoms with Crippen molar-refractivity contribution in [1.29, 1.82) is 0 Å². The fourth-order valence-electron chi connectivity index (χ4n) is 2.08. The van der Waals surface area contributed by atoms with E-state index in [1.165, 1.54) is 32.4 Å². The van der Waals surface area contributed by atoms with Crippen LogP contribution < -0.4 is 4.72 Å². The van der Waals surface area contributed by atoms with Gasteiger partial charge in [0.1, 0.15) is 22.0 Å². The fourth-order valence-corrected chi connectivity index (χ4v) is 3.51. The molecular weight excluding hydrogens is 310 g/mol. The van der Waals surface area contributed by atoms with Crippen molar-refractivity contribution >= 4 is 16.0 Å². The number of furan rings is 1. The van der Waals surface area contributed by atoms with E-state index in [9.17, 15) is 13.2 Å². The predicted octanol–water partition coefficient (Wildman–Crippen LogP) is 0.906. The summed E-state index contributed by atoms with van der Waals surface area (Å²) in [7, 11) is -3.99. The zero-order valence-electron chi connectivity index (χ0n) is 12.0. The lowest BCUT2D eigenvalue weighted by molar-refractivity contribution is 0.0691. The summed E-state index contributed by atoms with van der Waals surface area (Å²) in [4.78, 5) is 18.8. The molecule has 0 spiro atoms. The lowest BCUT2D eigenvalue weighted by atomic mass is 10.2.